The van der Waals surface area contributed by atoms with Gasteiger partial charge in [-0.15, -0.1) is 0 Å². The van der Waals surface area contributed by atoms with Crippen LogP contribution in [0.25, 0.3) is 11.1 Å². The molecule has 16 heteroatoms. The summed E-state index contributed by atoms with van der Waals surface area (Å²) in [7, 11) is 1.53. The van der Waals surface area contributed by atoms with Crippen molar-refractivity contribution < 1.29 is 37.3 Å². The van der Waals surface area contributed by atoms with Crippen LogP contribution in [0.1, 0.15) is 130 Å². The SMILES string of the molecule is COc1cc(OC2C(C)(C)C(NC(=O)c3ccc(N4CCC5(CC4)CC(Oc4ccc(-c6cc7c(cc6C(F)F)N(c6nn(C8CCOCC8)c8c6CN(C(C)=O)CC8)CCC7)cn4)C5)cc3)C2(C)C)ccc1C#N. The van der Waals surface area contributed by atoms with Crippen molar-refractivity contribution in [2.24, 2.45) is 16.2 Å². The van der Waals surface area contributed by atoms with Crippen LogP contribution < -0.4 is 29.3 Å². The molecule has 1 N–H and O–H groups in total. The van der Waals surface area contributed by atoms with Gasteiger partial charge in [-0.2, -0.15) is 10.4 Å². The monoisotopic (exact) mass is 1020 g/mol. The van der Waals surface area contributed by atoms with E-state index in [1.54, 1.807) is 43.5 Å². The van der Waals surface area contributed by atoms with Crippen LogP contribution in [0.3, 0.4) is 0 Å². The van der Waals surface area contributed by atoms with Crippen molar-refractivity contribution in [1.82, 2.24) is 25.0 Å². The Balaban J connectivity index is 0.692. The first-order valence-corrected chi connectivity index (χ1v) is 26.8. The summed E-state index contributed by atoms with van der Waals surface area (Å²) in [5, 5.41) is 17.9. The Labute approximate surface area is 438 Å². The third-order valence-corrected chi connectivity index (χ3v) is 17.5. The molecule has 14 nitrogen and oxygen atoms in total. The number of aromatic nitrogens is 3. The van der Waals surface area contributed by atoms with Crippen molar-refractivity contribution in [3.63, 3.8) is 0 Å². The molecule has 0 atom stereocenters. The zero-order chi connectivity index (χ0) is 52.4. The Morgan fingerprint density at radius 3 is 2.32 bits per heavy atom. The van der Waals surface area contributed by atoms with E-state index in [2.05, 4.69) is 58.5 Å². The number of benzene rings is 3. The number of anilines is 3. The minimum Gasteiger partial charge on any atom is -0.495 e. The second-order valence-corrected chi connectivity index (χ2v) is 22.9. The van der Waals surface area contributed by atoms with Crippen LogP contribution in [0.5, 0.6) is 17.4 Å². The number of methoxy groups -OCH3 is 1. The normalized spacial score (nSPS) is 21.8. The Morgan fingerprint density at radius 1 is 0.907 bits per heavy atom. The Hall–Kier alpha value is -6.73. The summed E-state index contributed by atoms with van der Waals surface area (Å²) >= 11 is 0. The molecule has 0 unspecified atom stereocenters. The number of hydrogen-bond acceptors (Lipinski definition) is 11. The van der Waals surface area contributed by atoms with E-state index in [4.69, 9.17) is 24.0 Å². The molecular formula is C59H68F2N8O6. The minimum absolute atomic E-state index is 0.0169. The van der Waals surface area contributed by atoms with Gasteiger partial charge in [-0.1, -0.05) is 27.7 Å². The number of fused-ring (bicyclic) bond motifs is 2. The predicted molar refractivity (Wildman–Crippen MR) is 281 cm³/mol. The van der Waals surface area contributed by atoms with E-state index in [0.29, 0.717) is 78.9 Å². The first-order valence-electron chi connectivity index (χ1n) is 26.8. The van der Waals surface area contributed by atoms with Gasteiger partial charge in [0.15, 0.2) is 5.82 Å². The van der Waals surface area contributed by atoms with E-state index in [0.717, 1.165) is 98.5 Å². The number of hydrogen-bond donors (Lipinski definition) is 1. The van der Waals surface area contributed by atoms with Crippen LogP contribution in [0.15, 0.2) is 72.9 Å². The van der Waals surface area contributed by atoms with Gasteiger partial charge in [0.25, 0.3) is 12.3 Å². The minimum atomic E-state index is -2.71. The van der Waals surface area contributed by atoms with E-state index in [9.17, 15) is 14.9 Å². The number of halogens is 2. The van der Waals surface area contributed by atoms with Crippen LogP contribution >= 0.6 is 0 Å². The third kappa shape index (κ3) is 9.33. The second kappa shape index (κ2) is 19.8. The molecule has 6 heterocycles. The number of nitrogens with one attached hydrogen (secondary N) is 1. The van der Waals surface area contributed by atoms with Gasteiger partial charge in [0, 0.05) is 127 Å². The Bertz CT molecular complexity index is 2990. The number of pyridine rings is 1. The van der Waals surface area contributed by atoms with Gasteiger partial charge in [-0.05, 0) is 123 Å². The van der Waals surface area contributed by atoms with Crippen LogP contribution in [-0.4, -0.2) is 96.2 Å². The van der Waals surface area contributed by atoms with Gasteiger partial charge >= 0.3 is 0 Å². The maximum Gasteiger partial charge on any atom is 0.264 e. The lowest BCUT2D eigenvalue weighted by atomic mass is 9.49. The summed E-state index contributed by atoms with van der Waals surface area (Å²) in [5.41, 5.74) is 6.55. The molecule has 6 aliphatic rings. The van der Waals surface area contributed by atoms with Gasteiger partial charge in [0.1, 0.15) is 29.8 Å². The van der Waals surface area contributed by atoms with E-state index in [-0.39, 0.29) is 57.9 Å². The van der Waals surface area contributed by atoms with E-state index in [1.807, 2.05) is 41.3 Å². The highest BCUT2D eigenvalue weighted by atomic mass is 19.3. The van der Waals surface area contributed by atoms with Gasteiger partial charge in [0.2, 0.25) is 11.8 Å². The van der Waals surface area contributed by atoms with Crippen molar-refractivity contribution >= 4 is 29.0 Å². The van der Waals surface area contributed by atoms with Crippen molar-refractivity contribution in [2.45, 2.75) is 130 Å². The zero-order valence-electron chi connectivity index (χ0n) is 44.0. The largest absolute Gasteiger partial charge is 0.495 e. The molecule has 2 saturated heterocycles. The predicted octanol–water partition coefficient (Wildman–Crippen LogP) is 10.5. The summed E-state index contributed by atoms with van der Waals surface area (Å²) in [5.74, 6) is 2.24. The third-order valence-electron chi connectivity index (χ3n) is 17.5. The fraction of sp³-hybridized carbons (Fsp3) is 0.508. The average molecular weight is 1020 g/mol. The number of nitrogens with zero attached hydrogens (tertiary/aromatic N) is 7. The second-order valence-electron chi connectivity index (χ2n) is 22.9. The summed E-state index contributed by atoms with van der Waals surface area (Å²) in [6.45, 7) is 14.9. The molecule has 2 aromatic heterocycles. The lowest BCUT2D eigenvalue weighted by molar-refractivity contribution is -0.164. The topological polar surface area (TPSA) is 147 Å². The standard InChI is InChI=1S/C59H68F2N8O6/c1-36(70)67-23-17-48-47(35-67)53(65-69(48)42-18-26-73-27-19-42)68-22-7-8-38-28-45(46(52(60)61)30-49(38)68)40-12-16-51(63-34-40)74-44-31-59(32-44)20-24-66(25-21-59)41-13-9-37(10-14-41)54(71)64-55-57(2,3)56(58(55,4)5)75-43-15-11-39(33-62)50(29-43)72-6/h9-16,28-30,34,42,44,52,55-56H,7-8,17-27,31-32,35H2,1-6H3,(H,64,71). The first-order chi connectivity index (χ1) is 36.0. The summed E-state index contributed by atoms with van der Waals surface area (Å²) < 4.78 is 56.3. The van der Waals surface area contributed by atoms with Crippen LogP contribution in [0.4, 0.5) is 26.0 Å². The van der Waals surface area contributed by atoms with Crippen LogP contribution in [0, 0.1) is 27.6 Å². The molecule has 2 aliphatic carbocycles. The zero-order valence-corrected chi connectivity index (χ0v) is 44.0. The Kier molecular flexibility index (Phi) is 13.3. The maximum absolute atomic E-state index is 15.1. The molecule has 2 amide bonds. The molecule has 4 aliphatic heterocycles. The lowest BCUT2D eigenvalue weighted by Crippen LogP contribution is -2.74. The molecule has 11 rings (SSSR count). The molecular weight excluding hydrogens is 955 g/mol. The lowest BCUT2D eigenvalue weighted by Gasteiger charge is -2.63. The fourth-order valence-electron chi connectivity index (χ4n) is 13.7. The van der Waals surface area contributed by atoms with E-state index in [1.165, 1.54) is 7.11 Å². The number of piperidine rings is 1. The van der Waals surface area contributed by atoms with Crippen molar-refractivity contribution in [1.29, 1.82) is 5.26 Å². The first kappa shape index (κ1) is 50.4. The highest BCUT2D eigenvalue weighted by molar-refractivity contribution is 5.95. The molecule has 75 heavy (non-hydrogen) atoms. The fourth-order valence-corrected chi connectivity index (χ4v) is 13.7. The molecule has 3 aromatic carbocycles. The molecule has 1 spiro atoms. The van der Waals surface area contributed by atoms with Gasteiger partial charge in [0.05, 0.1) is 25.3 Å². The number of amides is 2. The summed E-state index contributed by atoms with van der Waals surface area (Å²) in [4.78, 5) is 37.2. The smallest absolute Gasteiger partial charge is 0.264 e. The van der Waals surface area contributed by atoms with Gasteiger partial charge < -0.3 is 39.0 Å². The molecule has 2 saturated carbocycles. The van der Waals surface area contributed by atoms with Crippen LogP contribution in [-0.2, 0) is 28.9 Å². The number of rotatable bonds is 12. The summed E-state index contributed by atoms with van der Waals surface area (Å²) in [6.07, 6.45) is 6.76. The van der Waals surface area contributed by atoms with Gasteiger partial charge in [-0.3, -0.25) is 14.3 Å². The molecule has 5 aromatic rings. The number of alkyl halides is 2. The Morgan fingerprint density at radius 2 is 1.65 bits per heavy atom. The summed E-state index contributed by atoms with van der Waals surface area (Å²) in [6, 6.07) is 22.5. The average Bonchev–Trinajstić information content (AvgIpc) is 3.82. The number of aryl methyl sites for hydroxylation is 1. The van der Waals surface area contributed by atoms with Gasteiger partial charge in [-0.25, -0.2) is 13.8 Å². The van der Waals surface area contributed by atoms with Crippen LogP contribution in [0.2, 0.25) is 0 Å². The van der Waals surface area contributed by atoms with Crippen molar-refractivity contribution in [3.8, 4) is 34.6 Å². The molecule has 394 valence electrons. The number of nitriles is 1. The maximum atomic E-state index is 15.1. The molecule has 4 fully saturated rings. The number of carbonyl (C=O) groups excluding carboxylic acids is 2. The highest BCUT2D eigenvalue weighted by Crippen LogP contribution is 2.56. The van der Waals surface area contributed by atoms with E-state index < -0.39 is 6.43 Å². The molecule has 0 radical (unpaired) electrons. The molecule has 0 bridgehead atoms. The van der Waals surface area contributed by atoms with Crippen molar-refractivity contribution in [2.75, 3.05) is 56.3 Å². The van der Waals surface area contributed by atoms with Crippen molar-refractivity contribution in [3.05, 3.63) is 106 Å². The number of carbonyl (C=O) groups is 2. The quantitative estimate of drug-likeness (QED) is 0.127. The highest BCUT2D eigenvalue weighted by Gasteiger charge is 2.64. The van der Waals surface area contributed by atoms with E-state index >= 15 is 8.78 Å². The number of ether oxygens (including phenoxy) is 4.